The van der Waals surface area contributed by atoms with Crippen LogP contribution in [0.5, 0.6) is 11.5 Å². The summed E-state index contributed by atoms with van der Waals surface area (Å²) in [4.78, 5) is 15.0. The van der Waals surface area contributed by atoms with Gasteiger partial charge in [0.25, 0.3) is 5.91 Å². The zero-order valence-electron chi connectivity index (χ0n) is 17.6. The standard InChI is InChI=1S/C25H19ClFNO3S2/c1-2-30-21-13-16(12-19(26)23(21)31-15-17-8-6-7-11-20(17)27)14-22-24(29)28(25(32)33-22)18-9-4-3-5-10-18/h3-14H,2,15H2,1H3/b22-14+. The van der Waals surface area contributed by atoms with Crippen LogP contribution in [0.15, 0.2) is 71.6 Å². The summed E-state index contributed by atoms with van der Waals surface area (Å²) in [7, 11) is 0. The third-order valence-corrected chi connectivity index (χ3v) is 6.35. The first kappa shape index (κ1) is 23.3. The molecule has 1 fully saturated rings. The maximum Gasteiger partial charge on any atom is 0.270 e. The van der Waals surface area contributed by atoms with E-state index in [1.165, 1.54) is 22.7 Å². The van der Waals surface area contributed by atoms with Crippen molar-refractivity contribution in [1.29, 1.82) is 0 Å². The molecule has 0 unspecified atom stereocenters. The topological polar surface area (TPSA) is 38.8 Å². The molecular weight excluding hydrogens is 481 g/mol. The van der Waals surface area contributed by atoms with Crippen molar-refractivity contribution in [3.05, 3.63) is 93.6 Å². The second-order valence-corrected chi connectivity index (χ2v) is 9.08. The first-order valence-corrected chi connectivity index (χ1v) is 11.7. The van der Waals surface area contributed by atoms with E-state index in [-0.39, 0.29) is 18.3 Å². The Morgan fingerprint density at radius 1 is 1.09 bits per heavy atom. The van der Waals surface area contributed by atoms with E-state index in [2.05, 4.69) is 0 Å². The Labute approximate surface area is 206 Å². The second kappa shape index (κ2) is 10.4. The van der Waals surface area contributed by atoms with Crippen LogP contribution in [0.3, 0.4) is 0 Å². The predicted octanol–water partition coefficient (Wildman–Crippen LogP) is 6.86. The molecule has 1 amide bonds. The molecule has 1 heterocycles. The Morgan fingerprint density at radius 3 is 2.55 bits per heavy atom. The molecule has 0 spiro atoms. The van der Waals surface area contributed by atoms with E-state index in [0.29, 0.717) is 49.2 Å². The van der Waals surface area contributed by atoms with Crippen molar-refractivity contribution < 1.29 is 18.7 Å². The molecule has 0 saturated carbocycles. The maximum atomic E-state index is 14.0. The second-order valence-electron chi connectivity index (χ2n) is 7.00. The number of para-hydroxylation sites is 1. The lowest BCUT2D eigenvalue weighted by atomic mass is 10.1. The molecule has 33 heavy (non-hydrogen) atoms. The van der Waals surface area contributed by atoms with Crippen molar-refractivity contribution >= 4 is 57.6 Å². The van der Waals surface area contributed by atoms with Crippen LogP contribution in [0, 0.1) is 5.82 Å². The van der Waals surface area contributed by atoms with Crippen LogP contribution in [0.2, 0.25) is 5.02 Å². The Morgan fingerprint density at radius 2 is 1.82 bits per heavy atom. The van der Waals surface area contributed by atoms with Gasteiger partial charge in [-0.2, -0.15) is 0 Å². The first-order valence-electron chi connectivity index (χ1n) is 10.1. The number of thioether (sulfide) groups is 1. The molecule has 1 aliphatic rings. The molecule has 0 radical (unpaired) electrons. The molecule has 8 heteroatoms. The fourth-order valence-corrected chi connectivity index (χ4v) is 4.83. The highest BCUT2D eigenvalue weighted by molar-refractivity contribution is 8.27. The van der Waals surface area contributed by atoms with Gasteiger partial charge in [-0.25, -0.2) is 4.39 Å². The Bertz CT molecular complexity index is 1230. The molecule has 0 atom stereocenters. The summed E-state index contributed by atoms with van der Waals surface area (Å²) >= 11 is 13.1. The zero-order chi connectivity index (χ0) is 23.4. The van der Waals surface area contributed by atoms with Crippen LogP contribution in [-0.4, -0.2) is 16.8 Å². The average Bonchev–Trinajstić information content (AvgIpc) is 3.07. The van der Waals surface area contributed by atoms with E-state index in [9.17, 15) is 9.18 Å². The number of nitrogens with zero attached hydrogens (tertiary/aromatic N) is 1. The van der Waals surface area contributed by atoms with E-state index in [1.54, 1.807) is 36.4 Å². The van der Waals surface area contributed by atoms with E-state index in [4.69, 9.17) is 33.3 Å². The lowest BCUT2D eigenvalue weighted by Crippen LogP contribution is -2.27. The van der Waals surface area contributed by atoms with Gasteiger partial charge in [-0.3, -0.25) is 9.69 Å². The molecule has 0 N–H and O–H groups in total. The minimum atomic E-state index is -0.358. The summed E-state index contributed by atoms with van der Waals surface area (Å²) in [5.74, 6) is 0.163. The number of carbonyl (C=O) groups is 1. The van der Waals surface area contributed by atoms with Crippen LogP contribution in [-0.2, 0) is 11.4 Å². The van der Waals surface area contributed by atoms with Crippen molar-refractivity contribution in [3.63, 3.8) is 0 Å². The molecule has 1 aliphatic heterocycles. The van der Waals surface area contributed by atoms with E-state index >= 15 is 0 Å². The van der Waals surface area contributed by atoms with Crippen LogP contribution in [0.4, 0.5) is 10.1 Å². The van der Waals surface area contributed by atoms with Gasteiger partial charge in [-0.15, -0.1) is 0 Å². The SMILES string of the molecule is CCOc1cc(/C=C2/SC(=S)N(c3ccccc3)C2=O)cc(Cl)c1OCc1ccccc1F. The number of rotatable bonds is 7. The number of halogens is 2. The van der Waals surface area contributed by atoms with Crippen molar-refractivity contribution in [3.8, 4) is 11.5 Å². The van der Waals surface area contributed by atoms with Gasteiger partial charge in [0.1, 0.15) is 12.4 Å². The summed E-state index contributed by atoms with van der Waals surface area (Å²) in [6.45, 7) is 2.22. The van der Waals surface area contributed by atoms with Gasteiger partial charge in [0.2, 0.25) is 0 Å². The summed E-state index contributed by atoms with van der Waals surface area (Å²) < 4.78 is 25.9. The maximum absolute atomic E-state index is 14.0. The van der Waals surface area contributed by atoms with Crippen molar-refractivity contribution in [1.82, 2.24) is 0 Å². The largest absolute Gasteiger partial charge is 0.490 e. The van der Waals surface area contributed by atoms with Gasteiger partial charge in [0.05, 0.1) is 22.2 Å². The van der Waals surface area contributed by atoms with Crippen LogP contribution >= 0.6 is 35.6 Å². The number of anilines is 1. The Hall–Kier alpha value is -2.87. The number of thiocarbonyl (C=S) groups is 1. The Balaban J connectivity index is 1.61. The Kier molecular flexibility index (Phi) is 7.33. The number of hydrogen-bond acceptors (Lipinski definition) is 5. The highest BCUT2D eigenvalue weighted by Gasteiger charge is 2.33. The molecule has 4 rings (SSSR count). The lowest BCUT2D eigenvalue weighted by molar-refractivity contribution is -0.113. The quantitative estimate of drug-likeness (QED) is 0.262. The third kappa shape index (κ3) is 5.21. The number of benzene rings is 3. The zero-order valence-corrected chi connectivity index (χ0v) is 20.0. The highest BCUT2D eigenvalue weighted by atomic mass is 35.5. The van der Waals surface area contributed by atoms with Gasteiger partial charge < -0.3 is 9.47 Å². The third-order valence-electron chi connectivity index (χ3n) is 4.77. The molecule has 0 bridgehead atoms. The van der Waals surface area contributed by atoms with Gasteiger partial charge in [0.15, 0.2) is 15.8 Å². The van der Waals surface area contributed by atoms with E-state index in [0.717, 1.165) is 0 Å². The minimum Gasteiger partial charge on any atom is -0.490 e. The van der Waals surface area contributed by atoms with E-state index in [1.807, 2.05) is 37.3 Å². The molecule has 4 nitrogen and oxygen atoms in total. The number of carbonyl (C=O) groups excluding carboxylic acids is 1. The normalized spacial score (nSPS) is 14.8. The van der Waals surface area contributed by atoms with Gasteiger partial charge >= 0.3 is 0 Å². The van der Waals surface area contributed by atoms with Crippen molar-refractivity contribution in [2.45, 2.75) is 13.5 Å². The molecular formula is C25H19ClFNO3S2. The number of hydrogen-bond donors (Lipinski definition) is 0. The van der Waals surface area contributed by atoms with Gasteiger partial charge in [-0.1, -0.05) is 72.0 Å². The molecule has 3 aromatic carbocycles. The van der Waals surface area contributed by atoms with Gasteiger partial charge in [0, 0.05) is 5.56 Å². The molecule has 0 aliphatic carbocycles. The van der Waals surface area contributed by atoms with Gasteiger partial charge in [-0.05, 0) is 48.9 Å². The first-order chi connectivity index (χ1) is 16.0. The molecule has 1 saturated heterocycles. The fraction of sp³-hybridized carbons (Fsp3) is 0.120. The monoisotopic (exact) mass is 499 g/mol. The van der Waals surface area contributed by atoms with E-state index < -0.39 is 0 Å². The summed E-state index contributed by atoms with van der Waals surface area (Å²) in [6.07, 6.45) is 1.72. The van der Waals surface area contributed by atoms with Crippen LogP contribution < -0.4 is 14.4 Å². The average molecular weight is 500 g/mol. The summed E-state index contributed by atoms with van der Waals surface area (Å²) in [5, 5.41) is 0.294. The molecule has 3 aromatic rings. The summed E-state index contributed by atoms with van der Waals surface area (Å²) in [6, 6.07) is 19.0. The van der Waals surface area contributed by atoms with Crippen LogP contribution in [0.25, 0.3) is 6.08 Å². The molecule has 168 valence electrons. The predicted molar refractivity (Wildman–Crippen MR) is 135 cm³/mol. The lowest BCUT2D eigenvalue weighted by Gasteiger charge is -2.15. The van der Waals surface area contributed by atoms with Crippen molar-refractivity contribution in [2.75, 3.05) is 11.5 Å². The minimum absolute atomic E-state index is 0.00154. The number of amides is 1. The highest BCUT2D eigenvalue weighted by Crippen LogP contribution is 2.40. The van der Waals surface area contributed by atoms with Crippen molar-refractivity contribution in [2.24, 2.45) is 0 Å². The fourth-order valence-electron chi connectivity index (χ4n) is 3.26. The smallest absolute Gasteiger partial charge is 0.270 e. The summed E-state index contributed by atoms with van der Waals surface area (Å²) in [5.41, 5.74) is 1.79. The number of ether oxygens (including phenoxy) is 2. The molecule has 0 aromatic heterocycles. The van der Waals surface area contributed by atoms with Crippen LogP contribution in [0.1, 0.15) is 18.1 Å².